The maximum Gasteiger partial charge on any atom is 0.373 e. The molecule has 0 aromatic carbocycles. The van der Waals surface area contributed by atoms with Crippen molar-refractivity contribution in [3.05, 3.63) is 0 Å². The largest absolute Gasteiger partial charge is 0.373 e. The van der Waals surface area contributed by atoms with Gasteiger partial charge in [0, 0.05) is 6.15 Å². The number of hydrogen-bond acceptors (Lipinski definition) is 2. The van der Waals surface area contributed by atoms with Crippen LogP contribution >= 0.6 is 0 Å². The summed E-state index contributed by atoms with van der Waals surface area (Å²) in [5, 5.41) is 0. The molecule has 0 aromatic rings. The first-order valence-electron chi connectivity index (χ1n) is 1.82. The van der Waals surface area contributed by atoms with Crippen LogP contribution in [0.3, 0.4) is 0 Å². The molecular weight excluding hydrogens is 94.0 g/mol. The third-order valence-electron chi connectivity index (χ3n) is 0. The van der Waals surface area contributed by atoms with Gasteiger partial charge in [-0.2, -0.15) is 9.59 Å². The van der Waals surface area contributed by atoms with Gasteiger partial charge in [0.05, 0.1) is 0 Å². The lowest BCUT2D eigenvalue weighted by Crippen LogP contribution is -1.27. The average molecular weight is 102 g/mol. The lowest BCUT2D eigenvalue weighted by Gasteiger charge is -1.48. The Morgan fingerprint density at radius 1 is 1.29 bits per heavy atom. The zero-order valence-electron chi connectivity index (χ0n) is 4.47. The van der Waals surface area contributed by atoms with Crippen LogP contribution in [0.4, 0.5) is 0 Å². The molecule has 0 fully saturated rings. The minimum atomic E-state index is 0. The molecule has 0 amide bonds. The van der Waals surface area contributed by atoms with Crippen LogP contribution in [0.1, 0.15) is 20.3 Å². The Kier molecular flexibility index (Phi) is 130. The molecule has 41 valence electrons. The minimum Gasteiger partial charge on any atom is -0.186 e. The fourth-order valence-corrected chi connectivity index (χ4v) is 0. The highest BCUT2D eigenvalue weighted by Crippen LogP contribution is 1.56. The van der Waals surface area contributed by atoms with Crippen LogP contribution in [0.2, 0.25) is 0 Å². The monoisotopic (exact) mass is 102 g/mol. The van der Waals surface area contributed by atoms with Crippen molar-refractivity contribution in [2.75, 3.05) is 0 Å². The molecule has 0 saturated heterocycles. The summed E-state index contributed by atoms with van der Waals surface area (Å²) in [4.78, 5) is 16.2. The highest BCUT2D eigenvalue weighted by molar-refractivity contribution is 5.20. The van der Waals surface area contributed by atoms with E-state index < -0.39 is 0 Å². The molecule has 0 bridgehead atoms. The Bertz CT molecular complexity index is 39.0. The van der Waals surface area contributed by atoms with Crippen molar-refractivity contribution in [1.82, 2.24) is 6.15 Å². The normalized spacial score (nSPS) is 3.71. The smallest absolute Gasteiger partial charge is 0.186 e. The van der Waals surface area contributed by atoms with Gasteiger partial charge >= 0.3 is 6.15 Å². The molecule has 0 heterocycles. The van der Waals surface area contributed by atoms with Crippen LogP contribution in [0.15, 0.2) is 0 Å². The Balaban J connectivity index is -0.0000000400. The Labute approximate surface area is 43.3 Å². The lowest BCUT2D eigenvalue weighted by atomic mass is 10.6. The first-order valence-corrected chi connectivity index (χ1v) is 1.82. The molecule has 0 unspecified atom stereocenters. The summed E-state index contributed by atoms with van der Waals surface area (Å²) >= 11 is 0. The third kappa shape index (κ3) is 137. The molecule has 0 atom stereocenters. The van der Waals surface area contributed by atoms with E-state index in [1.807, 2.05) is 0 Å². The standard InChI is InChI=1S/C3H8.CO2.N/c1-3-2;2-1-3;/h3H2,1-2H3;;. The second-order valence-corrected chi connectivity index (χ2v) is 0.790. The van der Waals surface area contributed by atoms with Crippen LogP contribution in [0, 0.1) is 0 Å². The second kappa shape index (κ2) is 56.0. The molecule has 3 heteroatoms. The van der Waals surface area contributed by atoms with E-state index in [2.05, 4.69) is 13.8 Å². The van der Waals surface area contributed by atoms with E-state index in [0.717, 1.165) is 0 Å². The van der Waals surface area contributed by atoms with E-state index in [4.69, 9.17) is 9.59 Å². The van der Waals surface area contributed by atoms with E-state index in [0.29, 0.717) is 0 Å². The van der Waals surface area contributed by atoms with Gasteiger partial charge in [-0.1, -0.05) is 20.3 Å². The van der Waals surface area contributed by atoms with Crippen molar-refractivity contribution in [3.8, 4) is 0 Å². The molecule has 3 radical (unpaired) electrons. The van der Waals surface area contributed by atoms with Crippen LogP contribution in [0.5, 0.6) is 0 Å². The first kappa shape index (κ1) is 16.2. The van der Waals surface area contributed by atoms with Crippen LogP contribution in [-0.2, 0) is 9.59 Å². The van der Waals surface area contributed by atoms with Crippen molar-refractivity contribution in [1.29, 1.82) is 0 Å². The highest BCUT2D eigenvalue weighted by Gasteiger charge is 1.35. The molecule has 0 aliphatic rings. The summed E-state index contributed by atoms with van der Waals surface area (Å²) in [6, 6.07) is 0. The van der Waals surface area contributed by atoms with Gasteiger partial charge in [-0.3, -0.25) is 0 Å². The number of rotatable bonds is 0. The average Bonchev–Trinajstić information content (AvgIpc) is 1.39. The summed E-state index contributed by atoms with van der Waals surface area (Å²) in [5.41, 5.74) is 0. The maximum atomic E-state index is 8.12. The molecule has 0 N–H and O–H groups in total. The minimum absolute atomic E-state index is 0. The van der Waals surface area contributed by atoms with Crippen molar-refractivity contribution in [2.24, 2.45) is 0 Å². The molecular formula is C4H8NO2. The van der Waals surface area contributed by atoms with Crippen LogP contribution in [-0.4, -0.2) is 6.15 Å². The lowest BCUT2D eigenvalue weighted by molar-refractivity contribution is -0.191. The van der Waals surface area contributed by atoms with Gasteiger partial charge in [0.2, 0.25) is 0 Å². The van der Waals surface area contributed by atoms with Gasteiger partial charge in [-0.05, 0) is 0 Å². The molecule has 0 saturated carbocycles. The quantitative estimate of drug-likeness (QED) is 0.443. The van der Waals surface area contributed by atoms with Crippen molar-refractivity contribution < 1.29 is 9.59 Å². The SMILES string of the molecule is CCC.O=C=O.[N]. The number of hydrogen-bond donors (Lipinski definition) is 0. The van der Waals surface area contributed by atoms with Crippen molar-refractivity contribution >= 4 is 6.15 Å². The van der Waals surface area contributed by atoms with E-state index >= 15 is 0 Å². The summed E-state index contributed by atoms with van der Waals surface area (Å²) in [5.74, 6) is 0. The molecule has 0 aliphatic heterocycles. The van der Waals surface area contributed by atoms with Gasteiger partial charge in [0.1, 0.15) is 0 Å². The van der Waals surface area contributed by atoms with E-state index in [-0.39, 0.29) is 12.3 Å². The molecule has 0 aliphatic carbocycles. The van der Waals surface area contributed by atoms with Crippen molar-refractivity contribution in [2.45, 2.75) is 20.3 Å². The Morgan fingerprint density at radius 2 is 1.29 bits per heavy atom. The fourth-order valence-electron chi connectivity index (χ4n) is 0. The van der Waals surface area contributed by atoms with Gasteiger partial charge in [-0.25, -0.2) is 0 Å². The zero-order chi connectivity index (χ0) is 5.41. The Hall–Kier alpha value is -0.660. The maximum absolute atomic E-state index is 8.12. The van der Waals surface area contributed by atoms with Gasteiger partial charge in [0.15, 0.2) is 0 Å². The van der Waals surface area contributed by atoms with E-state index in [9.17, 15) is 0 Å². The third-order valence-corrected chi connectivity index (χ3v) is 0. The summed E-state index contributed by atoms with van der Waals surface area (Å²) in [7, 11) is 0. The fraction of sp³-hybridized carbons (Fsp3) is 0.750. The highest BCUT2D eigenvalue weighted by atomic mass is 16.2. The number of carbonyl (C=O) groups excluding carboxylic acids is 2. The predicted molar refractivity (Wildman–Crippen MR) is 23.1 cm³/mol. The van der Waals surface area contributed by atoms with Crippen molar-refractivity contribution in [3.63, 3.8) is 0 Å². The Morgan fingerprint density at radius 3 is 1.29 bits per heavy atom. The summed E-state index contributed by atoms with van der Waals surface area (Å²) in [6.45, 7) is 4.25. The molecule has 7 heavy (non-hydrogen) atoms. The zero-order valence-corrected chi connectivity index (χ0v) is 4.47. The van der Waals surface area contributed by atoms with E-state index in [1.54, 1.807) is 0 Å². The summed E-state index contributed by atoms with van der Waals surface area (Å²) in [6.07, 6.45) is 1.50. The second-order valence-electron chi connectivity index (χ2n) is 0.790. The topological polar surface area (TPSA) is 64.6 Å². The number of nitrogens with zero attached hydrogens (tertiary/aromatic N) is 1. The van der Waals surface area contributed by atoms with Gasteiger partial charge in [0.25, 0.3) is 0 Å². The molecule has 0 aromatic heterocycles. The predicted octanol–water partition coefficient (Wildman–Crippen LogP) is 0.352. The van der Waals surface area contributed by atoms with Crippen LogP contribution in [0.25, 0.3) is 0 Å². The molecule has 0 rings (SSSR count). The van der Waals surface area contributed by atoms with Gasteiger partial charge < -0.3 is 0 Å². The summed E-state index contributed by atoms with van der Waals surface area (Å²) < 4.78 is 0. The molecule has 3 nitrogen and oxygen atoms in total. The van der Waals surface area contributed by atoms with Gasteiger partial charge in [-0.15, -0.1) is 0 Å². The van der Waals surface area contributed by atoms with Crippen LogP contribution < -0.4 is 6.15 Å². The molecule has 0 spiro atoms. The first-order chi connectivity index (χ1) is 2.83. The van der Waals surface area contributed by atoms with E-state index in [1.165, 1.54) is 6.42 Å².